The topological polar surface area (TPSA) is 64.4 Å². The summed E-state index contributed by atoms with van der Waals surface area (Å²) < 4.78 is 65.3. The second-order valence-electron chi connectivity index (χ2n) is 13.0. The maximum Gasteiger partial charge on any atom is 0.310 e. The lowest BCUT2D eigenvalue weighted by molar-refractivity contribution is -0.118. The second-order valence-corrected chi connectivity index (χ2v) is 13.0. The number of nitrogens with zero attached hydrogens (tertiary/aromatic N) is 2. The minimum absolute atomic E-state index is 0.193. The molecule has 54 heavy (non-hydrogen) atoms. The first-order chi connectivity index (χ1) is 26.2. The molecule has 9 heteroatoms. The molecule has 0 aliphatic carbocycles. The summed E-state index contributed by atoms with van der Waals surface area (Å²) in [4.78, 5) is 9.45. The molecule has 0 unspecified atom stereocenters. The lowest BCUT2D eigenvalue weighted by Crippen LogP contribution is -2.56. The summed E-state index contributed by atoms with van der Waals surface area (Å²) in [6.45, 7) is 0.168. The number of hydrogen-bond acceptors (Lipinski definition) is 6. The number of benzene rings is 6. The first kappa shape index (κ1) is 36.0. The van der Waals surface area contributed by atoms with Gasteiger partial charge in [0.25, 0.3) is 6.02 Å². The van der Waals surface area contributed by atoms with Crippen LogP contribution in [0.5, 0.6) is 11.5 Å². The van der Waals surface area contributed by atoms with Crippen LogP contribution >= 0.6 is 0 Å². The summed E-state index contributed by atoms with van der Waals surface area (Å²) in [5, 5.41) is 3.43. The molecule has 0 saturated carbocycles. The molecule has 0 spiro atoms. The zero-order chi connectivity index (χ0) is 37.8. The van der Waals surface area contributed by atoms with Crippen molar-refractivity contribution in [3.05, 3.63) is 197 Å². The zero-order valence-corrected chi connectivity index (χ0v) is 30.0. The zero-order valence-electron chi connectivity index (χ0n) is 30.0. The first-order valence-corrected chi connectivity index (χ1v) is 17.4. The van der Waals surface area contributed by atoms with Gasteiger partial charge >= 0.3 is 5.92 Å². The smallest absolute Gasteiger partial charge is 0.310 e. The van der Waals surface area contributed by atoms with Gasteiger partial charge in [-0.1, -0.05) is 115 Å². The van der Waals surface area contributed by atoms with E-state index >= 15 is 13.2 Å². The van der Waals surface area contributed by atoms with Crippen molar-refractivity contribution in [3.8, 4) is 11.5 Å². The highest BCUT2D eigenvalue weighted by atomic mass is 19.3. The van der Waals surface area contributed by atoms with Crippen LogP contribution in [0.25, 0.3) is 0 Å². The molecule has 0 radical (unpaired) electrons. The van der Waals surface area contributed by atoms with Crippen molar-refractivity contribution in [2.75, 3.05) is 20.8 Å². The van der Waals surface area contributed by atoms with Gasteiger partial charge in [-0.25, -0.2) is 14.4 Å². The van der Waals surface area contributed by atoms with E-state index in [1.54, 1.807) is 14.2 Å². The fourth-order valence-electron chi connectivity index (χ4n) is 6.76. The van der Waals surface area contributed by atoms with Gasteiger partial charge in [-0.2, -0.15) is 8.78 Å². The molecular formula is C45H38F3N3O3. The average Bonchev–Trinajstić information content (AvgIpc) is 3.22. The predicted molar refractivity (Wildman–Crippen MR) is 206 cm³/mol. The van der Waals surface area contributed by atoms with Gasteiger partial charge in [0.2, 0.25) is 0 Å². The quantitative estimate of drug-likeness (QED) is 0.113. The molecular weight excluding hydrogens is 688 g/mol. The summed E-state index contributed by atoms with van der Waals surface area (Å²) in [5.74, 6) is -3.19. The van der Waals surface area contributed by atoms with E-state index in [-0.39, 0.29) is 17.3 Å². The number of amidine groups is 1. The number of nitrogens with one attached hydrogen (secondary N) is 1. The molecule has 1 heterocycles. The Labute approximate surface area is 312 Å². The van der Waals surface area contributed by atoms with Crippen molar-refractivity contribution < 1.29 is 27.4 Å². The SMILES string of the molecule is COc1ccc(C(NC2=N[C@](C)(c3cc(N=C(c4ccccc4)c4ccccc4)ccc3F)C(F)(F)CO2)(c2ccccc2)c2ccc(OC)cc2)cc1. The summed E-state index contributed by atoms with van der Waals surface area (Å²) in [6.07, 6.45) is 0. The van der Waals surface area contributed by atoms with Crippen LogP contribution in [-0.2, 0) is 15.8 Å². The highest BCUT2D eigenvalue weighted by molar-refractivity contribution is 6.13. The minimum atomic E-state index is -3.61. The van der Waals surface area contributed by atoms with Crippen molar-refractivity contribution >= 4 is 17.4 Å². The minimum Gasteiger partial charge on any atom is -0.497 e. The van der Waals surface area contributed by atoms with E-state index in [1.807, 2.05) is 140 Å². The summed E-state index contributed by atoms with van der Waals surface area (Å²) >= 11 is 0. The molecule has 1 aliphatic rings. The van der Waals surface area contributed by atoms with E-state index in [0.717, 1.165) is 33.9 Å². The number of hydrogen-bond donors (Lipinski definition) is 1. The van der Waals surface area contributed by atoms with Gasteiger partial charge in [0.05, 0.1) is 25.6 Å². The third kappa shape index (κ3) is 6.80. The standard InChI is InChI=1S/C45H38F3N3O3/c1-43(39-29-36(23-28-40(39)46)49-41(31-13-7-4-8-14-31)32-15-9-5-10-16-32)44(47,48)30-54-42(50-43)51-45(33-17-11-6-12-18-33,34-19-24-37(52-2)25-20-34)35-21-26-38(53-3)27-22-35/h4-29H,30H2,1-3H3,(H,50,51)/t43-/m1/s1. The number of halogens is 3. The third-order valence-corrected chi connectivity index (χ3v) is 9.78. The van der Waals surface area contributed by atoms with Gasteiger partial charge in [-0.3, -0.25) is 0 Å². The fourth-order valence-corrected chi connectivity index (χ4v) is 6.76. The van der Waals surface area contributed by atoms with Gasteiger partial charge in [-0.05, 0) is 66.1 Å². The van der Waals surface area contributed by atoms with Crippen LogP contribution in [0.15, 0.2) is 168 Å². The molecule has 272 valence electrons. The van der Waals surface area contributed by atoms with Crippen LogP contribution in [-0.4, -0.2) is 38.5 Å². The van der Waals surface area contributed by atoms with Gasteiger partial charge < -0.3 is 19.5 Å². The summed E-state index contributed by atoms with van der Waals surface area (Å²) in [6, 6.07) is 47.2. The largest absolute Gasteiger partial charge is 0.497 e. The Morgan fingerprint density at radius 1 is 0.685 bits per heavy atom. The van der Waals surface area contributed by atoms with Crippen LogP contribution in [0.3, 0.4) is 0 Å². The van der Waals surface area contributed by atoms with Crippen LogP contribution in [0.4, 0.5) is 18.9 Å². The lowest BCUT2D eigenvalue weighted by atomic mass is 9.77. The molecule has 0 bridgehead atoms. The highest BCUT2D eigenvalue weighted by Gasteiger charge is 2.57. The molecule has 6 aromatic rings. The van der Waals surface area contributed by atoms with Crippen molar-refractivity contribution in [2.45, 2.75) is 23.9 Å². The predicted octanol–water partition coefficient (Wildman–Crippen LogP) is 9.83. The number of alkyl halides is 2. The van der Waals surface area contributed by atoms with Crippen LogP contribution in [0, 0.1) is 5.82 Å². The van der Waals surface area contributed by atoms with Crippen molar-refractivity contribution in [3.63, 3.8) is 0 Å². The lowest BCUT2D eigenvalue weighted by Gasteiger charge is -2.42. The molecule has 0 amide bonds. The molecule has 6 aromatic carbocycles. The van der Waals surface area contributed by atoms with Crippen LogP contribution < -0.4 is 14.8 Å². The fraction of sp³-hybridized carbons (Fsp3) is 0.156. The first-order valence-electron chi connectivity index (χ1n) is 17.4. The van der Waals surface area contributed by atoms with Crippen molar-refractivity contribution in [1.82, 2.24) is 5.32 Å². The number of ether oxygens (including phenoxy) is 3. The summed E-state index contributed by atoms with van der Waals surface area (Å²) in [7, 11) is 3.16. The molecule has 0 saturated heterocycles. The second kappa shape index (κ2) is 14.9. The van der Waals surface area contributed by atoms with E-state index in [2.05, 4.69) is 10.3 Å². The summed E-state index contributed by atoms with van der Waals surface area (Å²) in [5.41, 5.74) is 0.823. The van der Waals surface area contributed by atoms with E-state index in [9.17, 15) is 0 Å². The normalized spacial score (nSPS) is 16.4. The van der Waals surface area contributed by atoms with Gasteiger partial charge in [-0.15, -0.1) is 0 Å². The Balaban J connectivity index is 1.39. The Hall–Kier alpha value is -6.35. The van der Waals surface area contributed by atoms with Crippen molar-refractivity contribution in [1.29, 1.82) is 0 Å². The van der Waals surface area contributed by atoms with Crippen molar-refractivity contribution in [2.24, 2.45) is 9.98 Å². The molecule has 0 fully saturated rings. The van der Waals surface area contributed by atoms with Crippen LogP contribution in [0.2, 0.25) is 0 Å². The molecule has 6 nitrogen and oxygen atoms in total. The Morgan fingerprint density at radius 3 is 1.67 bits per heavy atom. The molecule has 1 atom stereocenters. The highest BCUT2D eigenvalue weighted by Crippen LogP contribution is 2.46. The Kier molecular flexibility index (Phi) is 9.97. The molecule has 1 aliphatic heterocycles. The monoisotopic (exact) mass is 725 g/mol. The van der Waals surface area contributed by atoms with E-state index in [1.165, 1.54) is 19.1 Å². The number of methoxy groups -OCH3 is 2. The van der Waals surface area contributed by atoms with E-state index < -0.39 is 29.4 Å². The maximum atomic E-state index is 16.3. The van der Waals surface area contributed by atoms with Gasteiger partial charge in [0, 0.05) is 16.7 Å². The molecule has 1 N–H and O–H groups in total. The number of rotatable bonds is 10. The average molecular weight is 726 g/mol. The third-order valence-electron chi connectivity index (χ3n) is 9.78. The van der Waals surface area contributed by atoms with Crippen LogP contribution in [0.1, 0.15) is 40.3 Å². The van der Waals surface area contributed by atoms with Gasteiger partial charge in [0.15, 0.2) is 12.1 Å². The maximum absolute atomic E-state index is 16.3. The number of aliphatic imine (C=N–C) groups is 2. The molecule has 0 aromatic heterocycles. The van der Waals surface area contributed by atoms with E-state index in [0.29, 0.717) is 17.2 Å². The van der Waals surface area contributed by atoms with Gasteiger partial charge in [0.1, 0.15) is 22.9 Å². The van der Waals surface area contributed by atoms with E-state index in [4.69, 9.17) is 19.2 Å². The molecule has 7 rings (SSSR count). The Bertz CT molecular complexity index is 2180. The Morgan fingerprint density at radius 2 is 1.17 bits per heavy atom.